The van der Waals surface area contributed by atoms with Gasteiger partial charge in [0, 0.05) is 32.8 Å². The van der Waals surface area contributed by atoms with Gasteiger partial charge in [-0.25, -0.2) is 9.67 Å². The van der Waals surface area contributed by atoms with E-state index < -0.39 is 8.07 Å². The molecule has 0 saturated carbocycles. The molecule has 1 unspecified atom stereocenters. The summed E-state index contributed by atoms with van der Waals surface area (Å²) >= 11 is 0. The first-order valence-corrected chi connectivity index (χ1v) is 15.8. The van der Waals surface area contributed by atoms with E-state index in [1.54, 1.807) is 6.20 Å². The molecule has 1 atom stereocenters. The molecule has 35 heavy (non-hydrogen) atoms. The van der Waals surface area contributed by atoms with Crippen molar-refractivity contribution in [2.45, 2.75) is 51.3 Å². The van der Waals surface area contributed by atoms with Gasteiger partial charge in [0.25, 0.3) is 0 Å². The lowest BCUT2D eigenvalue weighted by molar-refractivity contribution is 0.0818. The highest BCUT2D eigenvalue weighted by molar-refractivity contribution is 6.76. The molecule has 0 aliphatic heterocycles. The van der Waals surface area contributed by atoms with Gasteiger partial charge in [-0.1, -0.05) is 25.7 Å². The van der Waals surface area contributed by atoms with Crippen LogP contribution >= 0.6 is 0 Å². The van der Waals surface area contributed by atoms with E-state index in [2.05, 4.69) is 66.9 Å². The van der Waals surface area contributed by atoms with Gasteiger partial charge in [-0.15, -0.1) is 0 Å². The van der Waals surface area contributed by atoms with Gasteiger partial charge in [0.05, 0.1) is 29.4 Å². The molecular formula is C27H31N5O2Si. The minimum absolute atomic E-state index is 0.267. The number of anilines is 1. The molecule has 0 saturated heterocycles. The molecule has 2 aromatic carbocycles. The maximum absolute atomic E-state index is 9.24. The number of nitriles is 1. The van der Waals surface area contributed by atoms with Crippen molar-refractivity contribution in [1.82, 2.24) is 14.8 Å². The van der Waals surface area contributed by atoms with Crippen molar-refractivity contribution in [2.75, 3.05) is 18.6 Å². The van der Waals surface area contributed by atoms with E-state index in [9.17, 15) is 5.26 Å². The Morgan fingerprint density at radius 1 is 1.23 bits per heavy atom. The second kappa shape index (κ2) is 9.32. The van der Waals surface area contributed by atoms with Gasteiger partial charge in [-0.2, -0.15) is 10.4 Å². The van der Waals surface area contributed by atoms with Crippen molar-refractivity contribution in [2.24, 2.45) is 0 Å². The summed E-state index contributed by atoms with van der Waals surface area (Å²) < 4.78 is 13.5. The molecule has 180 valence electrons. The predicted octanol–water partition coefficient (Wildman–Crippen LogP) is 6.00. The van der Waals surface area contributed by atoms with Crippen molar-refractivity contribution in [3.05, 3.63) is 65.7 Å². The molecule has 7 nitrogen and oxygen atoms in total. The molecule has 0 spiro atoms. The van der Waals surface area contributed by atoms with Crippen LogP contribution in [0.25, 0.3) is 22.4 Å². The number of hydrogen-bond donors (Lipinski definition) is 0. The van der Waals surface area contributed by atoms with Crippen LogP contribution in [0.4, 0.5) is 5.69 Å². The van der Waals surface area contributed by atoms with E-state index in [0.29, 0.717) is 12.5 Å². The first kappa shape index (κ1) is 23.3. The second-order valence-corrected chi connectivity index (χ2v) is 16.1. The minimum atomic E-state index is -1.15. The lowest BCUT2D eigenvalue weighted by Crippen LogP contribution is -2.22. The van der Waals surface area contributed by atoms with Crippen LogP contribution in [0.3, 0.4) is 0 Å². The summed E-state index contributed by atoms with van der Waals surface area (Å²) in [5.74, 6) is 0.644. The van der Waals surface area contributed by atoms with Crippen LogP contribution < -0.4 is 4.90 Å². The summed E-state index contributed by atoms with van der Waals surface area (Å²) in [4.78, 5) is 6.42. The highest BCUT2D eigenvalue weighted by Crippen LogP contribution is 2.39. The number of aromatic nitrogens is 3. The number of ether oxygens (including phenoxy) is 1. The molecule has 0 radical (unpaired) electrons. The largest absolute Gasteiger partial charge is 0.442 e. The molecule has 0 amide bonds. The molecule has 5 rings (SSSR count). The summed E-state index contributed by atoms with van der Waals surface area (Å²) in [6.45, 7) is 8.20. The van der Waals surface area contributed by atoms with E-state index in [1.807, 2.05) is 16.8 Å². The van der Waals surface area contributed by atoms with E-state index in [1.165, 1.54) is 17.5 Å². The average Bonchev–Trinajstić information content (AvgIpc) is 3.58. The van der Waals surface area contributed by atoms with Crippen molar-refractivity contribution >= 4 is 24.7 Å². The Labute approximate surface area is 207 Å². The van der Waals surface area contributed by atoms with E-state index >= 15 is 0 Å². The van der Waals surface area contributed by atoms with Crippen LogP contribution in [0.2, 0.25) is 25.7 Å². The van der Waals surface area contributed by atoms with Crippen molar-refractivity contribution in [3.8, 4) is 17.5 Å². The van der Waals surface area contributed by atoms with Crippen molar-refractivity contribution in [3.63, 3.8) is 0 Å². The van der Waals surface area contributed by atoms with Gasteiger partial charge in [0.1, 0.15) is 12.4 Å². The quantitative estimate of drug-likeness (QED) is 0.225. The third kappa shape index (κ3) is 4.74. The molecule has 0 bridgehead atoms. The maximum atomic E-state index is 9.24. The van der Waals surface area contributed by atoms with Crippen LogP contribution in [-0.2, 0) is 17.9 Å². The van der Waals surface area contributed by atoms with Gasteiger partial charge < -0.3 is 14.1 Å². The smallest absolute Gasteiger partial charge is 0.181 e. The number of nitrogens with zero attached hydrogens (tertiary/aromatic N) is 5. The fourth-order valence-corrected chi connectivity index (χ4v) is 5.53. The first-order valence-electron chi connectivity index (χ1n) is 12.1. The van der Waals surface area contributed by atoms with Gasteiger partial charge in [-0.05, 0) is 60.3 Å². The molecule has 0 N–H and O–H groups in total. The molecule has 1 aliphatic rings. The van der Waals surface area contributed by atoms with E-state index in [-0.39, 0.29) is 6.04 Å². The van der Waals surface area contributed by atoms with Gasteiger partial charge >= 0.3 is 0 Å². The minimum Gasteiger partial charge on any atom is -0.442 e. The number of oxazole rings is 1. The number of benzene rings is 2. The Morgan fingerprint density at radius 3 is 2.83 bits per heavy atom. The molecule has 1 aliphatic carbocycles. The lowest BCUT2D eigenvalue weighted by Gasteiger charge is -2.28. The normalized spacial score (nSPS) is 15.3. The fraction of sp³-hybridized carbons (Fsp3) is 0.370. The van der Waals surface area contributed by atoms with Crippen LogP contribution in [0.15, 0.2) is 53.4 Å². The number of rotatable bonds is 8. The molecular weight excluding hydrogens is 454 g/mol. The van der Waals surface area contributed by atoms with Crippen LogP contribution in [0.5, 0.6) is 0 Å². The molecule has 2 heterocycles. The van der Waals surface area contributed by atoms with Crippen LogP contribution in [-0.4, -0.2) is 36.5 Å². The summed E-state index contributed by atoms with van der Waals surface area (Å²) in [6, 6.07) is 16.1. The highest BCUT2D eigenvalue weighted by atomic mass is 28.3. The maximum Gasteiger partial charge on any atom is 0.181 e. The first-order chi connectivity index (χ1) is 16.8. The molecule has 8 heteroatoms. The Bertz CT molecular complexity index is 1380. The number of hydrogen-bond acceptors (Lipinski definition) is 6. The Kier molecular flexibility index (Phi) is 6.22. The van der Waals surface area contributed by atoms with Gasteiger partial charge in [0.2, 0.25) is 0 Å². The van der Waals surface area contributed by atoms with Crippen molar-refractivity contribution < 1.29 is 9.15 Å². The third-order valence-electron chi connectivity index (χ3n) is 6.80. The zero-order chi connectivity index (χ0) is 24.6. The zero-order valence-electron chi connectivity index (χ0n) is 20.8. The monoisotopic (exact) mass is 485 g/mol. The van der Waals surface area contributed by atoms with Crippen molar-refractivity contribution in [1.29, 1.82) is 5.26 Å². The second-order valence-electron chi connectivity index (χ2n) is 10.5. The SMILES string of the molecule is CN(c1ccc2c(c1)c(-c1cnco1)nn2COCC[Si](C)(C)C)C1CCc2cc(C#N)ccc21. The van der Waals surface area contributed by atoms with Crippen LogP contribution in [0.1, 0.15) is 29.2 Å². The van der Waals surface area contributed by atoms with E-state index in [4.69, 9.17) is 14.3 Å². The number of fused-ring (bicyclic) bond motifs is 2. The topological polar surface area (TPSA) is 80.1 Å². The average molecular weight is 486 g/mol. The third-order valence-corrected chi connectivity index (χ3v) is 8.51. The van der Waals surface area contributed by atoms with Crippen LogP contribution in [0, 0.1) is 11.3 Å². The zero-order valence-corrected chi connectivity index (χ0v) is 21.8. The van der Waals surface area contributed by atoms with Gasteiger partial charge in [-0.3, -0.25) is 0 Å². The lowest BCUT2D eigenvalue weighted by atomic mass is 10.0. The standard InChI is InChI=1S/C27H31N5O2Si/c1-31(24-9-6-20-13-19(15-28)5-8-22(20)24)21-7-10-25-23(14-21)27(26-16-29-17-34-26)30-32(25)18-33-11-12-35(2,3)4/h5,7-8,10,13-14,16-17,24H,6,9,11-12,18H2,1-4H3. The Morgan fingerprint density at radius 2 is 2.09 bits per heavy atom. The predicted molar refractivity (Wildman–Crippen MR) is 140 cm³/mol. The summed E-state index contributed by atoms with van der Waals surface area (Å²) in [5.41, 5.74) is 6.18. The summed E-state index contributed by atoms with van der Waals surface area (Å²) in [7, 11) is 0.985. The van der Waals surface area contributed by atoms with E-state index in [0.717, 1.165) is 53.3 Å². The Hall–Kier alpha value is -3.41. The molecule has 4 aromatic rings. The summed E-state index contributed by atoms with van der Waals surface area (Å²) in [5, 5.41) is 15.1. The summed E-state index contributed by atoms with van der Waals surface area (Å²) in [6.07, 6.45) is 5.15. The van der Waals surface area contributed by atoms with Gasteiger partial charge in [0.15, 0.2) is 12.2 Å². The highest BCUT2D eigenvalue weighted by Gasteiger charge is 2.27. The Balaban J connectivity index is 1.45. The number of aryl methyl sites for hydroxylation is 1. The molecule has 2 aromatic heterocycles. The molecule has 0 fully saturated rings. The fourth-order valence-electron chi connectivity index (χ4n) is 4.78.